The number of hydrogen-bond acceptors (Lipinski definition) is 5. The molecule has 7 heteroatoms. The van der Waals surface area contributed by atoms with E-state index in [-0.39, 0.29) is 29.0 Å². The number of nitriles is 1. The van der Waals surface area contributed by atoms with Gasteiger partial charge in [-0.15, -0.1) is 0 Å². The molecule has 3 rings (SSSR count). The number of carbonyl (C=O) groups is 1. The minimum Gasteiger partial charge on any atom is -0.494 e. The number of nitrogens with zero attached hydrogens (tertiary/aromatic N) is 2. The van der Waals surface area contributed by atoms with Crippen molar-refractivity contribution >= 4 is 5.78 Å². The highest BCUT2D eigenvalue weighted by molar-refractivity contribution is 6.03. The number of ketones is 1. The van der Waals surface area contributed by atoms with Crippen LogP contribution in [0.5, 0.6) is 11.6 Å². The van der Waals surface area contributed by atoms with Gasteiger partial charge in [-0.2, -0.15) is 5.26 Å². The first kappa shape index (κ1) is 21.8. The maximum absolute atomic E-state index is 13.1. The van der Waals surface area contributed by atoms with Crippen LogP contribution in [0, 0.1) is 24.1 Å². The number of pyridine rings is 1. The molecule has 0 radical (unpaired) electrons. The van der Waals surface area contributed by atoms with Crippen LogP contribution in [0.25, 0.3) is 0 Å². The van der Waals surface area contributed by atoms with Gasteiger partial charge < -0.3 is 9.84 Å². The van der Waals surface area contributed by atoms with E-state index in [9.17, 15) is 24.3 Å². The second-order valence-electron chi connectivity index (χ2n) is 7.08. The molecule has 1 heterocycles. The predicted octanol–water partition coefficient (Wildman–Crippen LogP) is 3.77. The number of carbonyl (C=O) groups excluding carboxylic acids is 1. The van der Waals surface area contributed by atoms with Gasteiger partial charge in [0, 0.05) is 6.54 Å². The molecule has 3 aromatic rings. The Hall–Kier alpha value is -3.92. The van der Waals surface area contributed by atoms with E-state index in [0.29, 0.717) is 6.42 Å². The van der Waals surface area contributed by atoms with Crippen LogP contribution >= 0.6 is 0 Å². The van der Waals surface area contributed by atoms with E-state index in [4.69, 9.17) is 4.74 Å². The van der Waals surface area contributed by atoms with Gasteiger partial charge in [0.15, 0.2) is 6.10 Å². The lowest BCUT2D eigenvalue weighted by Gasteiger charge is -2.19. The fourth-order valence-corrected chi connectivity index (χ4v) is 3.31. The summed E-state index contributed by atoms with van der Waals surface area (Å²) in [6.07, 6.45) is -0.612. The SMILES string of the molecule is Cc1c(C(=O)C(C)Oc2ccc(F)cc2)c(O)n(CCc2ccccc2)c(=O)c1C#N. The van der Waals surface area contributed by atoms with Gasteiger partial charge in [-0.05, 0) is 55.7 Å². The van der Waals surface area contributed by atoms with Gasteiger partial charge in [0.2, 0.25) is 11.7 Å². The highest BCUT2D eigenvalue weighted by Gasteiger charge is 2.28. The van der Waals surface area contributed by atoms with Crippen molar-refractivity contribution in [3.8, 4) is 17.7 Å². The molecule has 1 N–H and O–H groups in total. The molecule has 31 heavy (non-hydrogen) atoms. The van der Waals surface area contributed by atoms with Gasteiger partial charge in [0.25, 0.3) is 5.56 Å². The molecular weight excluding hydrogens is 399 g/mol. The van der Waals surface area contributed by atoms with Gasteiger partial charge in [-0.25, -0.2) is 4.39 Å². The molecule has 0 spiro atoms. The molecule has 1 unspecified atom stereocenters. The summed E-state index contributed by atoms with van der Waals surface area (Å²) in [4.78, 5) is 25.8. The van der Waals surface area contributed by atoms with Gasteiger partial charge in [-0.3, -0.25) is 14.2 Å². The summed E-state index contributed by atoms with van der Waals surface area (Å²) in [5.41, 5.74) is 0.0355. The van der Waals surface area contributed by atoms with Gasteiger partial charge in [0.05, 0.1) is 5.56 Å². The summed E-state index contributed by atoms with van der Waals surface area (Å²) in [5, 5.41) is 20.3. The number of Topliss-reactive ketones (excluding diaryl/α,β-unsaturated/α-hetero) is 1. The summed E-state index contributed by atoms with van der Waals surface area (Å²) < 4.78 is 19.7. The Morgan fingerprint density at radius 3 is 2.45 bits per heavy atom. The fraction of sp³-hybridized carbons (Fsp3) is 0.208. The summed E-state index contributed by atoms with van der Waals surface area (Å²) in [5.74, 6) is -1.26. The average molecular weight is 420 g/mol. The van der Waals surface area contributed by atoms with Gasteiger partial charge >= 0.3 is 0 Å². The Kier molecular flexibility index (Phi) is 6.51. The van der Waals surface area contributed by atoms with E-state index in [0.717, 1.165) is 10.1 Å². The smallest absolute Gasteiger partial charge is 0.271 e. The number of hydrogen-bond donors (Lipinski definition) is 1. The number of benzene rings is 2. The van der Waals surface area contributed by atoms with Crippen LogP contribution in [0.3, 0.4) is 0 Å². The van der Waals surface area contributed by atoms with E-state index in [1.807, 2.05) is 36.4 Å². The summed E-state index contributed by atoms with van der Waals surface area (Å²) >= 11 is 0. The molecule has 0 saturated carbocycles. The second-order valence-corrected chi connectivity index (χ2v) is 7.08. The van der Waals surface area contributed by atoms with Gasteiger partial charge in [-0.1, -0.05) is 30.3 Å². The van der Waals surface area contributed by atoms with Crippen molar-refractivity contribution < 1.29 is 19.0 Å². The van der Waals surface area contributed by atoms with Crippen molar-refractivity contribution in [2.24, 2.45) is 0 Å². The zero-order valence-corrected chi connectivity index (χ0v) is 17.1. The largest absolute Gasteiger partial charge is 0.494 e. The Morgan fingerprint density at radius 1 is 1.19 bits per heavy atom. The number of aryl methyl sites for hydroxylation is 1. The highest BCUT2D eigenvalue weighted by atomic mass is 19.1. The van der Waals surface area contributed by atoms with E-state index >= 15 is 0 Å². The van der Waals surface area contributed by atoms with E-state index in [1.165, 1.54) is 38.1 Å². The standard InChI is InChI=1S/C24H21FN2O4/c1-15-20(14-26)23(29)27(13-12-17-6-4-3-5-7-17)24(30)21(15)22(28)16(2)31-19-10-8-18(25)9-11-19/h3-11,16,30H,12-13H2,1-2H3. The van der Waals surface area contributed by atoms with Crippen LogP contribution in [-0.2, 0) is 13.0 Å². The third-order valence-electron chi connectivity index (χ3n) is 5.01. The van der Waals surface area contributed by atoms with Crippen LogP contribution in [0.2, 0.25) is 0 Å². The Morgan fingerprint density at radius 2 is 1.84 bits per heavy atom. The van der Waals surface area contributed by atoms with Gasteiger partial charge in [0.1, 0.15) is 23.2 Å². The van der Waals surface area contributed by atoms with Crippen LogP contribution in [-0.4, -0.2) is 21.6 Å². The summed E-state index contributed by atoms with van der Waals surface area (Å²) in [6.45, 7) is 3.02. The lowest BCUT2D eigenvalue weighted by Crippen LogP contribution is -2.31. The lowest BCUT2D eigenvalue weighted by molar-refractivity contribution is 0.0812. The normalized spacial score (nSPS) is 11.5. The maximum Gasteiger partial charge on any atom is 0.271 e. The molecular formula is C24H21FN2O4. The first-order chi connectivity index (χ1) is 14.8. The highest BCUT2D eigenvalue weighted by Crippen LogP contribution is 2.25. The zero-order chi connectivity index (χ0) is 22.5. The molecule has 158 valence electrons. The number of aromatic nitrogens is 1. The first-order valence-electron chi connectivity index (χ1n) is 9.70. The molecule has 0 amide bonds. The van der Waals surface area contributed by atoms with Crippen LogP contribution in [0.15, 0.2) is 59.4 Å². The molecule has 0 saturated heterocycles. The maximum atomic E-state index is 13.1. The molecule has 0 fully saturated rings. The molecule has 0 aliphatic rings. The molecule has 0 aliphatic heterocycles. The van der Waals surface area contributed by atoms with E-state index < -0.39 is 29.1 Å². The summed E-state index contributed by atoms with van der Waals surface area (Å²) in [7, 11) is 0. The molecule has 2 aromatic carbocycles. The third-order valence-corrected chi connectivity index (χ3v) is 5.01. The van der Waals surface area contributed by atoms with Crippen LogP contribution in [0.4, 0.5) is 4.39 Å². The Balaban J connectivity index is 1.96. The third kappa shape index (κ3) is 4.64. The van der Waals surface area contributed by atoms with Crippen LogP contribution in [0.1, 0.15) is 34.0 Å². The van der Waals surface area contributed by atoms with Crippen molar-refractivity contribution in [1.82, 2.24) is 4.57 Å². The van der Waals surface area contributed by atoms with Crippen molar-refractivity contribution in [3.05, 3.63) is 93.0 Å². The average Bonchev–Trinajstić information content (AvgIpc) is 2.76. The van der Waals surface area contributed by atoms with Crippen LogP contribution < -0.4 is 10.3 Å². The van der Waals surface area contributed by atoms with E-state index in [1.54, 1.807) is 0 Å². The summed E-state index contributed by atoms with van der Waals surface area (Å²) in [6, 6.07) is 16.4. The minimum absolute atomic E-state index is 0.0944. The molecule has 0 bridgehead atoms. The Labute approximate surface area is 178 Å². The quantitative estimate of drug-likeness (QED) is 0.588. The topological polar surface area (TPSA) is 92.3 Å². The fourth-order valence-electron chi connectivity index (χ4n) is 3.31. The second kappa shape index (κ2) is 9.26. The molecule has 1 atom stereocenters. The van der Waals surface area contributed by atoms with Crippen molar-refractivity contribution in [1.29, 1.82) is 5.26 Å². The van der Waals surface area contributed by atoms with Crippen molar-refractivity contribution in [2.75, 3.05) is 0 Å². The number of halogens is 1. The first-order valence-corrected chi connectivity index (χ1v) is 9.70. The van der Waals surface area contributed by atoms with Crippen molar-refractivity contribution in [2.45, 2.75) is 32.9 Å². The Bertz CT molecular complexity index is 1200. The molecule has 6 nitrogen and oxygen atoms in total. The molecule has 1 aromatic heterocycles. The number of ether oxygens (including phenoxy) is 1. The zero-order valence-electron chi connectivity index (χ0n) is 17.1. The molecule has 0 aliphatic carbocycles. The van der Waals surface area contributed by atoms with E-state index in [2.05, 4.69) is 0 Å². The number of aromatic hydroxyl groups is 1. The number of rotatable bonds is 7. The predicted molar refractivity (Wildman–Crippen MR) is 113 cm³/mol. The lowest BCUT2D eigenvalue weighted by atomic mass is 9.99. The monoisotopic (exact) mass is 420 g/mol. The van der Waals surface area contributed by atoms with Crippen molar-refractivity contribution in [3.63, 3.8) is 0 Å². The minimum atomic E-state index is -1.04.